The Balaban J connectivity index is 2.58. The molecule has 0 aromatic carbocycles. The SMILES string of the molecule is C#CC1(Cl)C(O)C(CO)OC1n1cc(F)c(=O)[nH]c1=O. The first-order valence-corrected chi connectivity index (χ1v) is 5.85. The zero-order chi connectivity index (χ0) is 15.1. The molecule has 1 aromatic rings. The van der Waals surface area contributed by atoms with Crippen molar-refractivity contribution in [3.8, 4) is 12.3 Å². The zero-order valence-electron chi connectivity index (χ0n) is 9.92. The smallest absolute Gasteiger partial charge is 0.330 e. The number of alkyl halides is 1. The largest absolute Gasteiger partial charge is 0.394 e. The Kier molecular flexibility index (Phi) is 3.71. The maximum absolute atomic E-state index is 13.3. The molecule has 0 spiro atoms. The van der Waals surface area contributed by atoms with Crippen LogP contribution in [0.1, 0.15) is 6.23 Å². The van der Waals surface area contributed by atoms with Crippen LogP contribution in [0.15, 0.2) is 15.8 Å². The van der Waals surface area contributed by atoms with Crippen molar-refractivity contribution in [1.29, 1.82) is 0 Å². The van der Waals surface area contributed by atoms with Gasteiger partial charge >= 0.3 is 5.69 Å². The van der Waals surface area contributed by atoms with Crippen LogP contribution in [0.25, 0.3) is 0 Å². The molecule has 3 N–H and O–H groups in total. The van der Waals surface area contributed by atoms with Crippen LogP contribution in [0.2, 0.25) is 0 Å². The molecule has 20 heavy (non-hydrogen) atoms. The van der Waals surface area contributed by atoms with E-state index in [0.29, 0.717) is 10.8 Å². The number of terminal acetylenes is 1. The summed E-state index contributed by atoms with van der Waals surface area (Å²) in [5, 5.41) is 19.0. The van der Waals surface area contributed by atoms with Gasteiger partial charge in [-0.15, -0.1) is 6.42 Å². The van der Waals surface area contributed by atoms with Gasteiger partial charge in [-0.05, 0) is 0 Å². The molecule has 0 aliphatic carbocycles. The Hall–Kier alpha value is -1.66. The second kappa shape index (κ2) is 5.03. The lowest BCUT2D eigenvalue weighted by Crippen LogP contribution is -2.44. The van der Waals surface area contributed by atoms with Crippen molar-refractivity contribution < 1.29 is 19.3 Å². The first-order chi connectivity index (χ1) is 9.35. The van der Waals surface area contributed by atoms with Crippen LogP contribution in [0, 0.1) is 18.2 Å². The summed E-state index contributed by atoms with van der Waals surface area (Å²) in [6, 6.07) is 0. The highest BCUT2D eigenvalue weighted by Gasteiger charge is 2.55. The van der Waals surface area contributed by atoms with Gasteiger partial charge in [0.1, 0.15) is 12.2 Å². The topological polar surface area (TPSA) is 105 Å². The van der Waals surface area contributed by atoms with Crippen LogP contribution in [0.5, 0.6) is 0 Å². The van der Waals surface area contributed by atoms with Crippen molar-refractivity contribution in [1.82, 2.24) is 9.55 Å². The highest BCUT2D eigenvalue weighted by molar-refractivity contribution is 6.27. The molecular formula is C11H10ClFN2O5. The lowest BCUT2D eigenvalue weighted by Gasteiger charge is -2.25. The first kappa shape index (κ1) is 14.7. The van der Waals surface area contributed by atoms with Gasteiger partial charge < -0.3 is 14.9 Å². The summed E-state index contributed by atoms with van der Waals surface area (Å²) in [7, 11) is 0. The number of aromatic nitrogens is 2. The van der Waals surface area contributed by atoms with Crippen molar-refractivity contribution in [2.45, 2.75) is 23.3 Å². The maximum atomic E-state index is 13.3. The molecule has 1 aliphatic heterocycles. The molecule has 7 nitrogen and oxygen atoms in total. The molecule has 4 unspecified atom stereocenters. The summed E-state index contributed by atoms with van der Waals surface area (Å²) >= 11 is 6.05. The molecule has 1 aromatic heterocycles. The van der Waals surface area contributed by atoms with Crippen molar-refractivity contribution in [2.75, 3.05) is 6.61 Å². The van der Waals surface area contributed by atoms with E-state index in [0.717, 1.165) is 0 Å². The number of nitrogens with zero attached hydrogens (tertiary/aromatic N) is 1. The molecule has 2 rings (SSSR count). The van der Waals surface area contributed by atoms with E-state index >= 15 is 0 Å². The van der Waals surface area contributed by atoms with Gasteiger partial charge in [0.05, 0.1) is 12.8 Å². The Morgan fingerprint density at radius 2 is 2.30 bits per heavy atom. The molecule has 2 heterocycles. The molecule has 0 saturated carbocycles. The molecule has 1 aliphatic rings. The average molecular weight is 305 g/mol. The predicted molar refractivity (Wildman–Crippen MR) is 65.7 cm³/mol. The Morgan fingerprint density at radius 3 is 2.85 bits per heavy atom. The summed E-state index contributed by atoms with van der Waals surface area (Å²) < 4.78 is 19.1. The van der Waals surface area contributed by atoms with E-state index in [1.807, 2.05) is 0 Å². The summed E-state index contributed by atoms with van der Waals surface area (Å²) in [5.41, 5.74) is -2.21. The number of ether oxygens (including phenoxy) is 1. The van der Waals surface area contributed by atoms with E-state index in [9.17, 15) is 19.1 Å². The molecule has 9 heteroatoms. The van der Waals surface area contributed by atoms with Crippen LogP contribution < -0.4 is 11.2 Å². The van der Waals surface area contributed by atoms with Crippen LogP contribution in [-0.4, -0.2) is 43.5 Å². The zero-order valence-corrected chi connectivity index (χ0v) is 10.7. The van der Waals surface area contributed by atoms with Crippen molar-refractivity contribution >= 4 is 11.6 Å². The summed E-state index contributed by atoms with van der Waals surface area (Å²) in [5.74, 6) is 0.825. The molecule has 0 bridgehead atoms. The fraction of sp³-hybridized carbons (Fsp3) is 0.455. The minimum absolute atomic E-state index is 0.576. The van der Waals surface area contributed by atoms with Crippen molar-refractivity contribution in [2.24, 2.45) is 0 Å². The molecule has 1 saturated heterocycles. The fourth-order valence-corrected chi connectivity index (χ4v) is 2.26. The number of rotatable bonds is 2. The Morgan fingerprint density at radius 1 is 1.65 bits per heavy atom. The highest BCUT2D eigenvalue weighted by atomic mass is 35.5. The second-order valence-corrected chi connectivity index (χ2v) is 4.84. The minimum atomic E-state index is -1.89. The maximum Gasteiger partial charge on any atom is 0.330 e. The number of aliphatic hydroxyl groups excluding tert-OH is 2. The van der Waals surface area contributed by atoms with Gasteiger partial charge in [-0.25, -0.2) is 4.79 Å². The molecule has 0 radical (unpaired) electrons. The van der Waals surface area contributed by atoms with Gasteiger partial charge in [0.2, 0.25) is 5.82 Å². The summed E-state index contributed by atoms with van der Waals surface area (Å²) in [6.07, 6.45) is 1.74. The van der Waals surface area contributed by atoms with Crippen LogP contribution in [0.3, 0.4) is 0 Å². The third-order valence-electron chi connectivity index (χ3n) is 3.02. The lowest BCUT2D eigenvalue weighted by molar-refractivity contribution is -0.0467. The standard InChI is InChI=1S/C11H10ClFN2O5/c1-2-11(12)7(17)6(4-16)20-9(11)15-3-5(13)8(18)14-10(15)19/h1,3,6-7,9,16-17H,4H2,(H,14,18,19). The lowest BCUT2D eigenvalue weighted by atomic mass is 9.99. The van der Waals surface area contributed by atoms with E-state index in [4.69, 9.17) is 27.9 Å². The number of aliphatic hydroxyl groups is 2. The van der Waals surface area contributed by atoms with Gasteiger partial charge in [-0.1, -0.05) is 17.5 Å². The minimum Gasteiger partial charge on any atom is -0.394 e. The third kappa shape index (κ3) is 2.05. The van der Waals surface area contributed by atoms with Gasteiger partial charge in [-0.2, -0.15) is 4.39 Å². The third-order valence-corrected chi connectivity index (χ3v) is 3.54. The first-order valence-electron chi connectivity index (χ1n) is 5.47. The number of aromatic amines is 1. The normalized spacial score (nSPS) is 33.0. The number of hydrogen-bond acceptors (Lipinski definition) is 5. The summed E-state index contributed by atoms with van der Waals surface area (Å²) in [4.78, 5) is 22.5. The Labute approximate surface area is 116 Å². The van der Waals surface area contributed by atoms with Crippen LogP contribution >= 0.6 is 11.6 Å². The van der Waals surface area contributed by atoms with E-state index in [-0.39, 0.29) is 0 Å². The van der Waals surface area contributed by atoms with E-state index in [2.05, 4.69) is 5.92 Å². The van der Waals surface area contributed by atoms with E-state index in [1.54, 1.807) is 4.98 Å². The van der Waals surface area contributed by atoms with E-state index < -0.39 is 47.0 Å². The molecule has 4 atom stereocenters. The monoisotopic (exact) mass is 304 g/mol. The predicted octanol–water partition coefficient (Wildman–Crippen LogP) is -1.46. The average Bonchev–Trinajstić information content (AvgIpc) is 2.67. The van der Waals surface area contributed by atoms with Crippen LogP contribution in [0.4, 0.5) is 4.39 Å². The van der Waals surface area contributed by atoms with Gasteiger partial charge in [0.15, 0.2) is 11.1 Å². The molecule has 108 valence electrons. The van der Waals surface area contributed by atoms with Gasteiger partial charge in [0, 0.05) is 0 Å². The number of H-pyrrole nitrogens is 1. The second-order valence-electron chi connectivity index (χ2n) is 4.21. The van der Waals surface area contributed by atoms with Gasteiger partial charge in [0.25, 0.3) is 5.56 Å². The molecule has 0 amide bonds. The quantitative estimate of drug-likeness (QED) is 0.457. The number of halogens is 2. The summed E-state index contributed by atoms with van der Waals surface area (Å²) in [6.45, 7) is -0.603. The number of hydrogen-bond donors (Lipinski definition) is 3. The fourth-order valence-electron chi connectivity index (χ4n) is 1.96. The van der Waals surface area contributed by atoms with E-state index in [1.165, 1.54) is 0 Å². The number of nitrogens with one attached hydrogen (secondary N) is 1. The van der Waals surface area contributed by atoms with Crippen molar-refractivity contribution in [3.63, 3.8) is 0 Å². The van der Waals surface area contributed by atoms with Gasteiger partial charge in [-0.3, -0.25) is 14.3 Å². The molecular weight excluding hydrogens is 295 g/mol. The van der Waals surface area contributed by atoms with Crippen molar-refractivity contribution in [3.05, 3.63) is 32.9 Å². The highest BCUT2D eigenvalue weighted by Crippen LogP contribution is 2.42. The van der Waals surface area contributed by atoms with Crippen LogP contribution in [-0.2, 0) is 4.74 Å². The Bertz CT molecular complexity index is 681. The molecule has 1 fully saturated rings.